The second kappa shape index (κ2) is 8.99. The lowest BCUT2D eigenvalue weighted by atomic mass is 10.1. The van der Waals surface area contributed by atoms with E-state index in [1.54, 1.807) is 54.6 Å². The Bertz CT molecular complexity index is 810. The van der Waals surface area contributed by atoms with Gasteiger partial charge < -0.3 is 10.1 Å². The molecule has 1 amide bonds. The predicted molar refractivity (Wildman–Crippen MR) is 90.8 cm³/mol. The molecule has 0 aromatic heterocycles. The second-order valence-corrected chi connectivity index (χ2v) is 5.16. The van der Waals surface area contributed by atoms with Gasteiger partial charge in [-0.25, -0.2) is 0 Å². The molecule has 0 saturated carbocycles. The smallest absolute Gasteiger partial charge is 0.306 e. The van der Waals surface area contributed by atoms with E-state index in [9.17, 15) is 14.4 Å². The number of esters is 1. The average molecular weight is 336 g/mol. The van der Waals surface area contributed by atoms with E-state index in [0.717, 1.165) is 0 Å². The number of ether oxygens (including phenoxy) is 1. The van der Waals surface area contributed by atoms with Gasteiger partial charge in [0.05, 0.1) is 17.7 Å². The fourth-order valence-corrected chi connectivity index (χ4v) is 2.08. The molecule has 0 aliphatic heterocycles. The number of carbonyl (C=O) groups is 3. The monoisotopic (exact) mass is 336 g/mol. The van der Waals surface area contributed by atoms with Gasteiger partial charge >= 0.3 is 5.97 Å². The minimum Gasteiger partial charge on any atom is -0.456 e. The molecule has 0 radical (unpaired) electrons. The molecule has 2 aromatic carbocycles. The summed E-state index contributed by atoms with van der Waals surface area (Å²) in [5, 5.41) is 11.4. The molecule has 0 unspecified atom stereocenters. The van der Waals surface area contributed by atoms with Crippen molar-refractivity contribution >= 4 is 23.3 Å². The lowest BCUT2D eigenvalue weighted by Gasteiger charge is -2.07. The highest BCUT2D eigenvalue weighted by atomic mass is 16.5. The molecule has 0 heterocycles. The summed E-state index contributed by atoms with van der Waals surface area (Å²) < 4.78 is 4.85. The fourth-order valence-electron chi connectivity index (χ4n) is 2.08. The molecule has 126 valence electrons. The third kappa shape index (κ3) is 5.59. The van der Waals surface area contributed by atoms with Gasteiger partial charge in [0.25, 0.3) is 5.91 Å². The van der Waals surface area contributed by atoms with Crippen LogP contribution >= 0.6 is 0 Å². The van der Waals surface area contributed by atoms with Crippen LogP contribution in [0.5, 0.6) is 0 Å². The third-order valence-electron chi connectivity index (χ3n) is 3.34. The van der Waals surface area contributed by atoms with Crippen LogP contribution in [0.15, 0.2) is 54.6 Å². The number of amides is 1. The number of hydrogen-bond acceptors (Lipinski definition) is 5. The number of nitrogens with zero attached hydrogens (tertiary/aromatic N) is 1. The Morgan fingerprint density at radius 3 is 2.36 bits per heavy atom. The fraction of sp³-hybridized carbons (Fsp3) is 0.158. The first-order valence-electron chi connectivity index (χ1n) is 7.63. The molecule has 6 heteroatoms. The molecular formula is C19H16N2O4. The molecule has 25 heavy (non-hydrogen) atoms. The maximum absolute atomic E-state index is 11.9. The zero-order valence-corrected chi connectivity index (χ0v) is 13.4. The molecule has 0 atom stereocenters. The van der Waals surface area contributed by atoms with Crippen molar-refractivity contribution in [3.05, 3.63) is 65.7 Å². The summed E-state index contributed by atoms with van der Waals surface area (Å²) in [7, 11) is 0. The van der Waals surface area contributed by atoms with Crippen LogP contribution in [-0.4, -0.2) is 24.3 Å². The number of nitrogens with one attached hydrogen (secondary N) is 1. The molecular weight excluding hydrogens is 320 g/mol. The second-order valence-electron chi connectivity index (χ2n) is 5.16. The Balaban J connectivity index is 1.75. The first-order chi connectivity index (χ1) is 12.1. The maximum atomic E-state index is 11.9. The number of rotatable bonds is 7. The van der Waals surface area contributed by atoms with E-state index in [2.05, 4.69) is 5.32 Å². The highest BCUT2D eigenvalue weighted by Gasteiger charge is 2.12. The van der Waals surface area contributed by atoms with Gasteiger partial charge in [0.1, 0.15) is 6.07 Å². The highest BCUT2D eigenvalue weighted by molar-refractivity contribution is 5.98. The van der Waals surface area contributed by atoms with E-state index in [0.29, 0.717) is 16.8 Å². The van der Waals surface area contributed by atoms with Gasteiger partial charge in [-0.2, -0.15) is 5.26 Å². The minimum atomic E-state index is -0.631. The summed E-state index contributed by atoms with van der Waals surface area (Å²) >= 11 is 0. The van der Waals surface area contributed by atoms with E-state index >= 15 is 0 Å². The van der Waals surface area contributed by atoms with Gasteiger partial charge in [-0.1, -0.05) is 42.5 Å². The number of benzene rings is 2. The summed E-state index contributed by atoms with van der Waals surface area (Å²) in [5.74, 6) is -1.34. The van der Waals surface area contributed by atoms with E-state index in [4.69, 9.17) is 10.00 Å². The SMILES string of the molecule is N#Cc1ccccc1NC(=O)COC(=O)CCC(=O)c1ccccc1. The Kier molecular flexibility index (Phi) is 6.43. The van der Waals surface area contributed by atoms with Gasteiger partial charge in [-0.3, -0.25) is 14.4 Å². The zero-order valence-electron chi connectivity index (χ0n) is 13.4. The number of hydrogen-bond donors (Lipinski definition) is 1. The number of nitriles is 1. The van der Waals surface area contributed by atoms with Crippen molar-refractivity contribution in [2.24, 2.45) is 0 Å². The van der Waals surface area contributed by atoms with Gasteiger partial charge in [-0.15, -0.1) is 0 Å². The van der Waals surface area contributed by atoms with Crippen molar-refractivity contribution in [2.45, 2.75) is 12.8 Å². The van der Waals surface area contributed by atoms with Gasteiger partial charge in [0, 0.05) is 12.0 Å². The van der Waals surface area contributed by atoms with Crippen LogP contribution < -0.4 is 5.32 Å². The molecule has 2 rings (SSSR count). The van der Waals surface area contributed by atoms with Crippen molar-refractivity contribution in [1.82, 2.24) is 0 Å². The first-order valence-corrected chi connectivity index (χ1v) is 7.63. The zero-order chi connectivity index (χ0) is 18.1. The van der Waals surface area contributed by atoms with Gasteiger partial charge in [0.15, 0.2) is 12.4 Å². The van der Waals surface area contributed by atoms with Gasteiger partial charge in [0.2, 0.25) is 0 Å². The average Bonchev–Trinajstić information content (AvgIpc) is 2.65. The summed E-state index contributed by atoms with van der Waals surface area (Å²) in [6, 6.07) is 17.1. The van der Waals surface area contributed by atoms with Crippen molar-refractivity contribution in [3.8, 4) is 6.07 Å². The van der Waals surface area contributed by atoms with E-state index < -0.39 is 18.5 Å². The third-order valence-corrected chi connectivity index (χ3v) is 3.34. The Labute approximate surface area is 145 Å². The van der Waals surface area contributed by atoms with Crippen LogP contribution in [0.4, 0.5) is 5.69 Å². The summed E-state index contributed by atoms with van der Waals surface area (Å²) in [5.41, 5.74) is 1.20. The quantitative estimate of drug-likeness (QED) is 0.619. The number of carbonyl (C=O) groups excluding carboxylic acids is 3. The molecule has 1 N–H and O–H groups in total. The lowest BCUT2D eigenvalue weighted by Crippen LogP contribution is -2.21. The highest BCUT2D eigenvalue weighted by Crippen LogP contribution is 2.13. The Morgan fingerprint density at radius 2 is 1.64 bits per heavy atom. The van der Waals surface area contributed by atoms with E-state index in [-0.39, 0.29) is 18.6 Å². The number of ketones is 1. The summed E-state index contributed by atoms with van der Waals surface area (Å²) in [6.45, 7) is -0.474. The van der Waals surface area contributed by atoms with Crippen molar-refractivity contribution < 1.29 is 19.1 Å². The Morgan fingerprint density at radius 1 is 0.960 bits per heavy atom. The molecule has 0 spiro atoms. The van der Waals surface area contributed by atoms with Crippen LogP contribution in [0.3, 0.4) is 0 Å². The predicted octanol–water partition coefficient (Wildman–Crippen LogP) is 2.70. The lowest BCUT2D eigenvalue weighted by molar-refractivity contribution is -0.147. The minimum absolute atomic E-state index is 0.0156. The number of Topliss-reactive ketones (excluding diaryl/α,β-unsaturated/α-hetero) is 1. The normalized spacial score (nSPS) is 9.72. The molecule has 0 bridgehead atoms. The molecule has 0 aliphatic rings. The topological polar surface area (TPSA) is 96.3 Å². The first kappa shape index (κ1) is 17.9. The molecule has 0 aliphatic carbocycles. The van der Waals surface area contributed by atoms with Crippen LogP contribution in [0.1, 0.15) is 28.8 Å². The van der Waals surface area contributed by atoms with Crippen molar-refractivity contribution in [1.29, 1.82) is 5.26 Å². The standard InChI is InChI=1S/C19H16N2O4/c20-12-15-8-4-5-9-16(15)21-18(23)13-25-19(24)11-10-17(22)14-6-2-1-3-7-14/h1-9H,10-11,13H2,(H,21,23). The van der Waals surface area contributed by atoms with Crippen LogP contribution in [0, 0.1) is 11.3 Å². The van der Waals surface area contributed by atoms with Crippen LogP contribution in [0.2, 0.25) is 0 Å². The Hall–Kier alpha value is -3.46. The van der Waals surface area contributed by atoms with Crippen LogP contribution in [-0.2, 0) is 14.3 Å². The number of para-hydroxylation sites is 1. The van der Waals surface area contributed by atoms with Gasteiger partial charge in [-0.05, 0) is 12.1 Å². The maximum Gasteiger partial charge on any atom is 0.306 e. The van der Waals surface area contributed by atoms with Crippen molar-refractivity contribution in [2.75, 3.05) is 11.9 Å². The largest absolute Gasteiger partial charge is 0.456 e. The molecule has 2 aromatic rings. The summed E-state index contributed by atoms with van der Waals surface area (Å²) in [4.78, 5) is 35.3. The molecule has 6 nitrogen and oxygen atoms in total. The van der Waals surface area contributed by atoms with Crippen molar-refractivity contribution in [3.63, 3.8) is 0 Å². The summed E-state index contributed by atoms with van der Waals surface area (Å²) in [6.07, 6.45) is -0.0858. The van der Waals surface area contributed by atoms with E-state index in [1.165, 1.54) is 0 Å². The van der Waals surface area contributed by atoms with E-state index in [1.807, 2.05) is 6.07 Å². The molecule has 0 saturated heterocycles. The van der Waals surface area contributed by atoms with Crippen LogP contribution in [0.25, 0.3) is 0 Å². The molecule has 0 fully saturated rings. The number of anilines is 1.